The highest BCUT2D eigenvalue weighted by Crippen LogP contribution is 2.36. The minimum atomic E-state index is 0.516. The molecule has 0 amide bonds. The van der Waals surface area contributed by atoms with Crippen molar-refractivity contribution in [2.24, 2.45) is 0 Å². The summed E-state index contributed by atoms with van der Waals surface area (Å²) in [6.07, 6.45) is 8.57. The Hall–Kier alpha value is -2.49. The van der Waals surface area contributed by atoms with Crippen molar-refractivity contribution >= 4 is 11.5 Å². The molecule has 4 heteroatoms. The molecule has 2 aromatic heterocycles. The van der Waals surface area contributed by atoms with Crippen molar-refractivity contribution in [2.75, 3.05) is 12.4 Å². The van der Waals surface area contributed by atoms with Crippen molar-refractivity contribution in [3.63, 3.8) is 0 Å². The zero-order valence-electron chi connectivity index (χ0n) is 15.0. The third-order valence-corrected chi connectivity index (χ3v) is 5.07. The molecule has 3 aromatic rings. The van der Waals surface area contributed by atoms with Gasteiger partial charge in [0.05, 0.1) is 7.11 Å². The number of methoxy groups -OCH3 is 1. The maximum Gasteiger partial charge on any atom is 0.139 e. The van der Waals surface area contributed by atoms with E-state index in [1.54, 1.807) is 7.11 Å². The van der Waals surface area contributed by atoms with E-state index in [9.17, 15) is 0 Å². The SMILES string of the molecule is COc1ccccc1-c1nc2ccc(C)cn2c1NC1CCCCC1. The molecule has 2 heterocycles. The summed E-state index contributed by atoms with van der Waals surface area (Å²) in [5.41, 5.74) is 4.19. The summed E-state index contributed by atoms with van der Waals surface area (Å²) in [7, 11) is 1.72. The normalized spacial score (nSPS) is 15.4. The van der Waals surface area contributed by atoms with Crippen molar-refractivity contribution in [2.45, 2.75) is 45.1 Å². The van der Waals surface area contributed by atoms with Crippen molar-refractivity contribution in [1.82, 2.24) is 9.38 Å². The van der Waals surface area contributed by atoms with Crippen LogP contribution in [0.25, 0.3) is 16.9 Å². The van der Waals surface area contributed by atoms with Crippen LogP contribution in [0.15, 0.2) is 42.6 Å². The molecule has 0 saturated heterocycles. The number of nitrogens with one attached hydrogen (secondary N) is 1. The average Bonchev–Trinajstić information content (AvgIpc) is 3.00. The molecule has 0 spiro atoms. The lowest BCUT2D eigenvalue weighted by atomic mass is 9.95. The maximum absolute atomic E-state index is 5.59. The van der Waals surface area contributed by atoms with Gasteiger partial charge >= 0.3 is 0 Å². The molecule has 0 aliphatic heterocycles. The molecule has 1 aromatic carbocycles. The number of hydrogen-bond donors (Lipinski definition) is 1. The minimum Gasteiger partial charge on any atom is -0.496 e. The van der Waals surface area contributed by atoms with E-state index >= 15 is 0 Å². The summed E-state index contributed by atoms with van der Waals surface area (Å²) < 4.78 is 7.77. The Morgan fingerprint density at radius 3 is 2.68 bits per heavy atom. The van der Waals surface area contributed by atoms with E-state index in [2.05, 4.69) is 41.0 Å². The van der Waals surface area contributed by atoms with Crippen LogP contribution in [-0.2, 0) is 0 Å². The smallest absolute Gasteiger partial charge is 0.139 e. The monoisotopic (exact) mass is 335 g/mol. The molecule has 0 atom stereocenters. The highest BCUT2D eigenvalue weighted by Gasteiger charge is 2.21. The highest BCUT2D eigenvalue weighted by molar-refractivity contribution is 5.80. The number of imidazole rings is 1. The molecule has 0 radical (unpaired) electrons. The number of aromatic nitrogens is 2. The number of aryl methyl sites for hydroxylation is 1. The van der Waals surface area contributed by atoms with Crippen molar-refractivity contribution in [3.8, 4) is 17.0 Å². The van der Waals surface area contributed by atoms with Crippen LogP contribution in [0.1, 0.15) is 37.7 Å². The second kappa shape index (κ2) is 6.79. The van der Waals surface area contributed by atoms with Crippen LogP contribution in [0.5, 0.6) is 5.75 Å². The summed E-state index contributed by atoms with van der Waals surface area (Å²) in [4.78, 5) is 4.92. The zero-order valence-corrected chi connectivity index (χ0v) is 15.0. The van der Waals surface area contributed by atoms with Crippen LogP contribution < -0.4 is 10.1 Å². The van der Waals surface area contributed by atoms with Crippen LogP contribution in [0.4, 0.5) is 5.82 Å². The molecule has 1 aliphatic rings. The predicted molar refractivity (Wildman–Crippen MR) is 102 cm³/mol. The van der Waals surface area contributed by atoms with Crippen LogP contribution in [0, 0.1) is 6.92 Å². The molecule has 25 heavy (non-hydrogen) atoms. The van der Waals surface area contributed by atoms with Gasteiger partial charge in [-0.2, -0.15) is 0 Å². The summed E-state index contributed by atoms with van der Waals surface area (Å²) >= 11 is 0. The van der Waals surface area contributed by atoms with Crippen LogP contribution >= 0.6 is 0 Å². The largest absolute Gasteiger partial charge is 0.496 e. The van der Waals surface area contributed by atoms with Crippen LogP contribution in [0.2, 0.25) is 0 Å². The summed E-state index contributed by atoms with van der Waals surface area (Å²) in [6, 6.07) is 12.8. The molecule has 4 nitrogen and oxygen atoms in total. The van der Waals surface area contributed by atoms with Crippen molar-refractivity contribution in [3.05, 3.63) is 48.2 Å². The first-order chi connectivity index (χ1) is 12.3. The minimum absolute atomic E-state index is 0.516. The van der Waals surface area contributed by atoms with Crippen LogP contribution in [-0.4, -0.2) is 22.5 Å². The highest BCUT2D eigenvalue weighted by atomic mass is 16.5. The molecule has 0 bridgehead atoms. The first-order valence-corrected chi connectivity index (χ1v) is 9.15. The zero-order chi connectivity index (χ0) is 17.2. The van der Waals surface area contributed by atoms with Gasteiger partial charge in [-0.1, -0.05) is 37.5 Å². The molecular weight excluding hydrogens is 310 g/mol. The van der Waals surface area contributed by atoms with Crippen molar-refractivity contribution < 1.29 is 4.74 Å². The Labute approximate surface area is 148 Å². The fourth-order valence-electron chi connectivity index (χ4n) is 3.76. The van der Waals surface area contributed by atoms with E-state index in [4.69, 9.17) is 9.72 Å². The number of hydrogen-bond acceptors (Lipinski definition) is 3. The predicted octanol–water partition coefficient (Wildman–Crippen LogP) is 5.06. The Kier molecular flexibility index (Phi) is 4.35. The first-order valence-electron chi connectivity index (χ1n) is 9.15. The molecule has 4 rings (SSSR count). The van der Waals surface area contributed by atoms with E-state index in [1.165, 1.54) is 37.7 Å². The Balaban J connectivity index is 1.86. The number of nitrogens with zero attached hydrogens (tertiary/aromatic N) is 2. The van der Waals surface area contributed by atoms with Gasteiger partial charge in [0.15, 0.2) is 0 Å². The molecule has 1 saturated carbocycles. The number of benzene rings is 1. The number of para-hydroxylation sites is 1. The number of ether oxygens (including phenoxy) is 1. The summed E-state index contributed by atoms with van der Waals surface area (Å²) in [6.45, 7) is 2.12. The second-order valence-electron chi connectivity index (χ2n) is 6.92. The van der Waals surface area contributed by atoms with Gasteiger partial charge in [0.25, 0.3) is 0 Å². The number of pyridine rings is 1. The topological polar surface area (TPSA) is 38.6 Å². The molecule has 1 N–H and O–H groups in total. The van der Waals surface area contributed by atoms with E-state index in [0.717, 1.165) is 28.5 Å². The lowest BCUT2D eigenvalue weighted by molar-refractivity contribution is 0.416. The van der Waals surface area contributed by atoms with E-state index < -0.39 is 0 Å². The fourth-order valence-corrected chi connectivity index (χ4v) is 3.76. The summed E-state index contributed by atoms with van der Waals surface area (Å²) in [5.74, 6) is 1.93. The number of rotatable bonds is 4. The average molecular weight is 335 g/mol. The van der Waals surface area contributed by atoms with Gasteiger partial charge in [-0.25, -0.2) is 4.98 Å². The number of anilines is 1. The molecule has 0 unspecified atom stereocenters. The van der Waals surface area contributed by atoms with Crippen LogP contribution in [0.3, 0.4) is 0 Å². The third-order valence-electron chi connectivity index (χ3n) is 5.07. The van der Waals surface area contributed by atoms with Crippen molar-refractivity contribution in [1.29, 1.82) is 0 Å². The van der Waals surface area contributed by atoms with Gasteiger partial charge in [-0.15, -0.1) is 0 Å². The van der Waals surface area contributed by atoms with E-state index in [0.29, 0.717) is 6.04 Å². The quantitative estimate of drug-likeness (QED) is 0.724. The maximum atomic E-state index is 5.59. The standard InChI is InChI=1S/C21H25N3O/c1-15-12-13-19-23-20(17-10-6-7-11-18(17)25-2)21(24(19)14-15)22-16-8-4-3-5-9-16/h6-7,10-14,16,22H,3-5,8-9H2,1-2H3. The van der Waals surface area contributed by atoms with Gasteiger partial charge in [0.1, 0.15) is 22.9 Å². The molecule has 1 aliphatic carbocycles. The Bertz CT molecular complexity index is 878. The van der Waals surface area contributed by atoms with Gasteiger partial charge in [-0.05, 0) is 43.5 Å². The lowest BCUT2D eigenvalue weighted by Crippen LogP contribution is -2.23. The van der Waals surface area contributed by atoms with E-state index in [1.807, 2.05) is 18.2 Å². The Morgan fingerprint density at radius 1 is 1.08 bits per heavy atom. The van der Waals surface area contributed by atoms with Gasteiger partial charge in [-0.3, -0.25) is 4.40 Å². The Morgan fingerprint density at radius 2 is 1.88 bits per heavy atom. The second-order valence-corrected chi connectivity index (χ2v) is 6.92. The van der Waals surface area contributed by atoms with Gasteiger partial charge in [0, 0.05) is 17.8 Å². The van der Waals surface area contributed by atoms with Gasteiger partial charge in [0.2, 0.25) is 0 Å². The van der Waals surface area contributed by atoms with Gasteiger partial charge < -0.3 is 10.1 Å². The fraction of sp³-hybridized carbons (Fsp3) is 0.381. The number of fused-ring (bicyclic) bond motifs is 1. The summed E-state index contributed by atoms with van der Waals surface area (Å²) in [5, 5.41) is 3.79. The van der Waals surface area contributed by atoms with E-state index in [-0.39, 0.29) is 0 Å². The third kappa shape index (κ3) is 3.09. The molecule has 1 fully saturated rings. The lowest BCUT2D eigenvalue weighted by Gasteiger charge is -2.24. The molecular formula is C21H25N3O. The molecule has 130 valence electrons. The first kappa shape index (κ1) is 16.0.